The number of carbonyl (C=O) groups excluding carboxylic acids is 1. The maximum absolute atomic E-state index is 11.9. The lowest BCUT2D eigenvalue weighted by Crippen LogP contribution is -2.67. The molecule has 166 valence electrons. The molecule has 2 aliphatic rings. The molecule has 0 spiro atoms. The van der Waals surface area contributed by atoms with Crippen LogP contribution in [-0.2, 0) is 19.0 Å². The van der Waals surface area contributed by atoms with E-state index in [0.717, 1.165) is 16.3 Å². The Kier molecular flexibility index (Phi) is 5.80. The van der Waals surface area contributed by atoms with Crippen LogP contribution in [0, 0.1) is 0 Å². The van der Waals surface area contributed by atoms with Gasteiger partial charge in [-0.05, 0) is 22.9 Å². The molecule has 2 N–H and O–H groups in total. The Morgan fingerprint density at radius 2 is 1.75 bits per heavy atom. The SMILES string of the molecule is CC(=O)N[C@@H]1[C@H](Oc2ccc3ccccc3c2)O[C@@H]2CO[C@H](c3ccccc3)O[C@H]2[C@@H]1O. The third kappa shape index (κ3) is 4.20. The number of benzene rings is 3. The first-order valence-electron chi connectivity index (χ1n) is 10.7. The van der Waals surface area contributed by atoms with Crippen molar-refractivity contribution in [3.8, 4) is 5.75 Å². The molecule has 32 heavy (non-hydrogen) atoms. The summed E-state index contributed by atoms with van der Waals surface area (Å²) in [5.74, 6) is 0.282. The van der Waals surface area contributed by atoms with E-state index in [1.54, 1.807) is 0 Å². The summed E-state index contributed by atoms with van der Waals surface area (Å²) in [6.07, 6.45) is -3.79. The zero-order valence-electron chi connectivity index (χ0n) is 17.6. The summed E-state index contributed by atoms with van der Waals surface area (Å²) < 4.78 is 24.1. The van der Waals surface area contributed by atoms with Crippen molar-refractivity contribution in [2.45, 2.75) is 43.9 Å². The minimum Gasteiger partial charge on any atom is -0.463 e. The van der Waals surface area contributed by atoms with Crippen molar-refractivity contribution in [3.05, 3.63) is 78.4 Å². The Morgan fingerprint density at radius 3 is 2.53 bits per heavy atom. The number of hydrogen-bond donors (Lipinski definition) is 2. The molecule has 1 amide bonds. The largest absolute Gasteiger partial charge is 0.463 e. The maximum atomic E-state index is 11.9. The monoisotopic (exact) mass is 435 g/mol. The van der Waals surface area contributed by atoms with Crippen LogP contribution < -0.4 is 10.1 Å². The highest BCUT2D eigenvalue weighted by molar-refractivity contribution is 5.83. The van der Waals surface area contributed by atoms with Gasteiger partial charge in [0.15, 0.2) is 6.29 Å². The molecule has 0 aromatic heterocycles. The van der Waals surface area contributed by atoms with Crippen molar-refractivity contribution in [2.24, 2.45) is 0 Å². The first kappa shape index (κ1) is 20.9. The molecule has 0 radical (unpaired) electrons. The van der Waals surface area contributed by atoms with Crippen LogP contribution in [0.4, 0.5) is 0 Å². The number of fused-ring (bicyclic) bond motifs is 2. The van der Waals surface area contributed by atoms with E-state index in [1.807, 2.05) is 72.8 Å². The van der Waals surface area contributed by atoms with Gasteiger partial charge in [0.1, 0.15) is 30.1 Å². The van der Waals surface area contributed by atoms with Gasteiger partial charge in [-0.3, -0.25) is 4.79 Å². The van der Waals surface area contributed by atoms with Crippen molar-refractivity contribution < 1.29 is 28.8 Å². The number of carbonyl (C=O) groups is 1. The Hall–Kier alpha value is -2.97. The van der Waals surface area contributed by atoms with Crippen LogP contribution in [-0.4, -0.2) is 48.3 Å². The fourth-order valence-electron chi connectivity index (χ4n) is 4.24. The standard InChI is InChI=1S/C25H25NO6/c1-15(27)26-21-22(28)23-20(14-29-24(32-23)17-8-3-2-4-9-17)31-25(21)30-19-12-11-16-7-5-6-10-18(16)13-19/h2-13,20-25,28H,14H2,1H3,(H,26,27)/t20-,21+,22-,23-,24+,25-/m1/s1. The summed E-state index contributed by atoms with van der Waals surface area (Å²) in [6.45, 7) is 1.62. The van der Waals surface area contributed by atoms with Crippen LogP contribution >= 0.6 is 0 Å². The summed E-state index contributed by atoms with van der Waals surface area (Å²) >= 11 is 0. The topological polar surface area (TPSA) is 86.3 Å². The van der Waals surface area contributed by atoms with Gasteiger partial charge in [-0.2, -0.15) is 0 Å². The first-order chi connectivity index (χ1) is 15.6. The number of amides is 1. The summed E-state index contributed by atoms with van der Waals surface area (Å²) in [7, 11) is 0. The smallest absolute Gasteiger partial charge is 0.223 e. The average molecular weight is 435 g/mol. The van der Waals surface area contributed by atoms with Gasteiger partial charge < -0.3 is 29.4 Å². The molecule has 7 heteroatoms. The predicted molar refractivity (Wildman–Crippen MR) is 117 cm³/mol. The maximum Gasteiger partial charge on any atom is 0.223 e. The third-order valence-corrected chi connectivity index (χ3v) is 5.78. The lowest BCUT2D eigenvalue weighted by molar-refractivity contribution is -0.333. The second-order valence-electron chi connectivity index (χ2n) is 8.06. The lowest BCUT2D eigenvalue weighted by Gasteiger charge is -2.47. The van der Waals surface area contributed by atoms with Gasteiger partial charge in [-0.1, -0.05) is 60.7 Å². The van der Waals surface area contributed by atoms with Crippen LogP contribution in [0.15, 0.2) is 72.8 Å². The first-order valence-corrected chi connectivity index (χ1v) is 10.7. The minimum absolute atomic E-state index is 0.228. The third-order valence-electron chi connectivity index (χ3n) is 5.78. The number of nitrogens with one attached hydrogen (secondary N) is 1. The number of aliphatic hydroxyl groups is 1. The van der Waals surface area contributed by atoms with Gasteiger partial charge in [0.05, 0.1) is 6.61 Å². The summed E-state index contributed by atoms with van der Waals surface area (Å²) in [5.41, 5.74) is 0.851. The summed E-state index contributed by atoms with van der Waals surface area (Å²) in [6, 6.07) is 22.3. The highest BCUT2D eigenvalue weighted by atomic mass is 16.7. The van der Waals surface area contributed by atoms with E-state index in [9.17, 15) is 9.90 Å². The minimum atomic E-state index is -1.04. The molecule has 6 atom stereocenters. The molecule has 7 nitrogen and oxygen atoms in total. The van der Waals surface area contributed by atoms with E-state index in [4.69, 9.17) is 18.9 Å². The van der Waals surface area contributed by atoms with Gasteiger partial charge in [-0.25, -0.2) is 0 Å². The highest BCUT2D eigenvalue weighted by Gasteiger charge is 2.50. The molecule has 2 aliphatic heterocycles. The molecule has 2 saturated heterocycles. The quantitative estimate of drug-likeness (QED) is 0.656. The van der Waals surface area contributed by atoms with Crippen LogP contribution in [0.3, 0.4) is 0 Å². The molecule has 3 aromatic carbocycles. The molecule has 0 bridgehead atoms. The second kappa shape index (κ2) is 8.88. The Morgan fingerprint density at radius 1 is 1.00 bits per heavy atom. The Balaban J connectivity index is 1.37. The van der Waals surface area contributed by atoms with Gasteiger partial charge in [0.2, 0.25) is 12.2 Å². The van der Waals surface area contributed by atoms with E-state index in [1.165, 1.54) is 6.92 Å². The number of ether oxygens (including phenoxy) is 4. The van der Waals surface area contributed by atoms with E-state index in [2.05, 4.69) is 5.32 Å². The summed E-state index contributed by atoms with van der Waals surface area (Å²) in [4.78, 5) is 11.9. The van der Waals surface area contributed by atoms with Crippen molar-refractivity contribution in [2.75, 3.05) is 6.61 Å². The lowest BCUT2D eigenvalue weighted by atomic mass is 9.95. The van der Waals surface area contributed by atoms with E-state index < -0.39 is 36.9 Å². The normalized spacial score (nSPS) is 29.8. The highest BCUT2D eigenvalue weighted by Crippen LogP contribution is 2.35. The molecule has 0 unspecified atom stereocenters. The number of aliphatic hydroxyl groups excluding tert-OH is 1. The Bertz CT molecular complexity index is 1090. The van der Waals surface area contributed by atoms with E-state index in [-0.39, 0.29) is 12.5 Å². The van der Waals surface area contributed by atoms with E-state index in [0.29, 0.717) is 5.75 Å². The Labute approximate surface area is 185 Å². The molecule has 0 saturated carbocycles. The summed E-state index contributed by atoms with van der Waals surface area (Å²) in [5, 5.41) is 16.0. The van der Waals surface area contributed by atoms with Crippen LogP contribution in [0.25, 0.3) is 10.8 Å². The number of rotatable bonds is 4. The molecule has 5 rings (SSSR count). The fourth-order valence-corrected chi connectivity index (χ4v) is 4.24. The van der Waals surface area contributed by atoms with Crippen LogP contribution in [0.2, 0.25) is 0 Å². The molecule has 3 aromatic rings. The molecule has 0 aliphatic carbocycles. The number of hydrogen-bond acceptors (Lipinski definition) is 6. The predicted octanol–water partition coefficient (Wildman–Crippen LogP) is 2.92. The molecular formula is C25H25NO6. The van der Waals surface area contributed by atoms with Crippen LogP contribution in [0.1, 0.15) is 18.8 Å². The average Bonchev–Trinajstić information content (AvgIpc) is 2.82. The van der Waals surface area contributed by atoms with Crippen LogP contribution in [0.5, 0.6) is 5.75 Å². The molecule has 2 heterocycles. The van der Waals surface area contributed by atoms with Crippen molar-refractivity contribution in [1.29, 1.82) is 0 Å². The zero-order valence-corrected chi connectivity index (χ0v) is 17.6. The molecule has 2 fully saturated rings. The van der Waals surface area contributed by atoms with Gasteiger partial charge >= 0.3 is 0 Å². The zero-order chi connectivity index (χ0) is 22.1. The van der Waals surface area contributed by atoms with E-state index >= 15 is 0 Å². The second-order valence-corrected chi connectivity index (χ2v) is 8.06. The van der Waals surface area contributed by atoms with Gasteiger partial charge in [0, 0.05) is 12.5 Å². The van der Waals surface area contributed by atoms with Crippen molar-refractivity contribution in [1.82, 2.24) is 5.32 Å². The van der Waals surface area contributed by atoms with Gasteiger partial charge in [-0.15, -0.1) is 0 Å². The van der Waals surface area contributed by atoms with Crippen molar-refractivity contribution in [3.63, 3.8) is 0 Å². The fraction of sp³-hybridized carbons (Fsp3) is 0.320. The van der Waals surface area contributed by atoms with Crippen molar-refractivity contribution >= 4 is 16.7 Å². The van der Waals surface area contributed by atoms with Gasteiger partial charge in [0.25, 0.3) is 0 Å². The molecular weight excluding hydrogens is 410 g/mol.